The van der Waals surface area contributed by atoms with Crippen LogP contribution in [0.2, 0.25) is 5.02 Å². The van der Waals surface area contributed by atoms with Crippen molar-refractivity contribution in [3.8, 4) is 0 Å². The Morgan fingerprint density at radius 1 is 1.26 bits per heavy atom. The van der Waals surface area contributed by atoms with E-state index < -0.39 is 10.0 Å². The Labute approximate surface area is 115 Å². The molecule has 0 bridgehead atoms. The Hall–Kier alpha value is -1.86. The summed E-state index contributed by atoms with van der Waals surface area (Å²) in [4.78, 5) is 7.73. The molecule has 19 heavy (non-hydrogen) atoms. The third kappa shape index (κ3) is 3.12. The molecule has 0 aromatic carbocycles. The van der Waals surface area contributed by atoms with Crippen molar-refractivity contribution >= 4 is 33.1 Å². The summed E-state index contributed by atoms with van der Waals surface area (Å²) in [5.74, 6) is 0.421. The summed E-state index contributed by atoms with van der Waals surface area (Å²) in [7, 11) is -2.06. The van der Waals surface area contributed by atoms with Gasteiger partial charge in [0.2, 0.25) is 0 Å². The smallest absolute Gasteiger partial charge is 0.263 e. The first-order valence-electron chi connectivity index (χ1n) is 5.29. The molecule has 100 valence electrons. The molecule has 2 N–H and O–H groups in total. The normalized spacial score (nSPS) is 11.1. The Morgan fingerprint density at radius 2 is 1.95 bits per heavy atom. The molecular weight excluding hydrogens is 288 g/mol. The minimum atomic E-state index is -3.71. The molecule has 2 heterocycles. The number of anilines is 2. The standard InChI is InChI=1S/C11H11ClN4O2S/c1-13-11-10(12)6-9(7-15-11)19(17,18)16-8-2-4-14-5-3-8/h2-7H,1H3,(H,13,15)(H,14,16). The highest BCUT2D eigenvalue weighted by atomic mass is 35.5. The Morgan fingerprint density at radius 3 is 2.53 bits per heavy atom. The summed E-state index contributed by atoms with van der Waals surface area (Å²) in [6.45, 7) is 0. The van der Waals surface area contributed by atoms with Crippen LogP contribution in [0.25, 0.3) is 0 Å². The lowest BCUT2D eigenvalue weighted by Crippen LogP contribution is -2.13. The minimum Gasteiger partial charge on any atom is -0.372 e. The zero-order chi connectivity index (χ0) is 13.9. The van der Waals surface area contributed by atoms with E-state index in [0.29, 0.717) is 11.5 Å². The van der Waals surface area contributed by atoms with Gasteiger partial charge in [0.05, 0.1) is 10.7 Å². The fourth-order valence-corrected chi connectivity index (χ4v) is 2.74. The van der Waals surface area contributed by atoms with Crippen molar-refractivity contribution in [3.05, 3.63) is 41.8 Å². The van der Waals surface area contributed by atoms with E-state index in [1.165, 1.54) is 24.7 Å². The molecule has 2 rings (SSSR count). The molecule has 8 heteroatoms. The maximum Gasteiger partial charge on any atom is 0.263 e. The maximum atomic E-state index is 12.1. The number of pyridine rings is 2. The molecule has 0 amide bonds. The number of sulfonamides is 1. The van der Waals surface area contributed by atoms with E-state index >= 15 is 0 Å². The summed E-state index contributed by atoms with van der Waals surface area (Å²) in [5, 5.41) is 2.99. The van der Waals surface area contributed by atoms with Crippen LogP contribution in [0.5, 0.6) is 0 Å². The fourth-order valence-electron chi connectivity index (χ4n) is 1.39. The molecule has 0 atom stereocenters. The largest absolute Gasteiger partial charge is 0.372 e. The van der Waals surface area contributed by atoms with E-state index in [0.717, 1.165) is 0 Å². The summed E-state index contributed by atoms with van der Waals surface area (Å²) in [6, 6.07) is 4.44. The van der Waals surface area contributed by atoms with Gasteiger partial charge in [-0.05, 0) is 18.2 Å². The average molecular weight is 299 g/mol. The van der Waals surface area contributed by atoms with Crippen LogP contribution in [0.4, 0.5) is 11.5 Å². The van der Waals surface area contributed by atoms with Gasteiger partial charge in [-0.1, -0.05) is 11.6 Å². The molecule has 0 aliphatic rings. The highest BCUT2D eigenvalue weighted by Crippen LogP contribution is 2.23. The van der Waals surface area contributed by atoms with Gasteiger partial charge < -0.3 is 5.32 Å². The van der Waals surface area contributed by atoms with Gasteiger partial charge in [0, 0.05) is 25.6 Å². The van der Waals surface area contributed by atoms with Crippen LogP contribution in [0.1, 0.15) is 0 Å². The van der Waals surface area contributed by atoms with Crippen molar-refractivity contribution in [2.24, 2.45) is 0 Å². The third-order valence-electron chi connectivity index (χ3n) is 2.30. The Bertz CT molecular complexity index is 676. The van der Waals surface area contributed by atoms with Crippen LogP contribution in [0.15, 0.2) is 41.7 Å². The highest BCUT2D eigenvalue weighted by Gasteiger charge is 2.16. The molecule has 0 spiro atoms. The molecule has 2 aromatic heterocycles. The molecule has 0 unspecified atom stereocenters. The lowest BCUT2D eigenvalue weighted by atomic mass is 10.4. The van der Waals surface area contributed by atoms with E-state index in [4.69, 9.17) is 11.6 Å². The van der Waals surface area contributed by atoms with Crippen molar-refractivity contribution in [2.75, 3.05) is 17.1 Å². The van der Waals surface area contributed by atoms with Crippen molar-refractivity contribution in [2.45, 2.75) is 4.90 Å². The summed E-state index contributed by atoms with van der Waals surface area (Å²) in [5.41, 5.74) is 0.420. The zero-order valence-electron chi connectivity index (χ0n) is 9.96. The number of rotatable bonds is 4. The molecular formula is C11H11ClN4O2S. The van der Waals surface area contributed by atoms with Gasteiger partial charge in [-0.25, -0.2) is 13.4 Å². The predicted octanol–water partition coefficient (Wildman–Crippen LogP) is 1.97. The lowest BCUT2D eigenvalue weighted by Gasteiger charge is -2.09. The second-order valence-electron chi connectivity index (χ2n) is 3.59. The second kappa shape index (κ2) is 5.41. The molecule has 0 saturated carbocycles. The van der Waals surface area contributed by atoms with Crippen molar-refractivity contribution in [1.82, 2.24) is 9.97 Å². The van der Waals surface area contributed by atoms with E-state index in [2.05, 4.69) is 20.0 Å². The topological polar surface area (TPSA) is 84.0 Å². The van der Waals surface area contributed by atoms with E-state index in [-0.39, 0.29) is 9.92 Å². The molecule has 0 aliphatic heterocycles. The molecule has 0 saturated heterocycles. The van der Waals surface area contributed by atoms with Gasteiger partial charge in [-0.15, -0.1) is 0 Å². The molecule has 0 radical (unpaired) electrons. The summed E-state index contributed by atoms with van der Waals surface area (Å²) < 4.78 is 26.6. The van der Waals surface area contributed by atoms with E-state index in [9.17, 15) is 8.42 Å². The molecule has 0 fully saturated rings. The predicted molar refractivity (Wildman–Crippen MR) is 73.8 cm³/mol. The Kier molecular flexibility index (Phi) is 3.87. The van der Waals surface area contributed by atoms with Gasteiger partial charge in [0.25, 0.3) is 10.0 Å². The van der Waals surface area contributed by atoms with Crippen LogP contribution < -0.4 is 10.0 Å². The number of hydrogen-bond donors (Lipinski definition) is 2. The summed E-state index contributed by atoms with van der Waals surface area (Å²) >= 11 is 5.91. The molecule has 6 nitrogen and oxygen atoms in total. The SMILES string of the molecule is CNc1ncc(S(=O)(=O)Nc2ccncc2)cc1Cl. The van der Waals surface area contributed by atoms with Crippen LogP contribution in [0, 0.1) is 0 Å². The first-order chi connectivity index (χ1) is 9.03. The summed E-state index contributed by atoms with van der Waals surface area (Å²) in [6.07, 6.45) is 4.22. The van der Waals surface area contributed by atoms with Gasteiger partial charge in [-0.2, -0.15) is 0 Å². The number of nitrogens with one attached hydrogen (secondary N) is 2. The van der Waals surface area contributed by atoms with Crippen LogP contribution in [0.3, 0.4) is 0 Å². The quantitative estimate of drug-likeness (QED) is 0.901. The first kappa shape index (κ1) is 13.6. The molecule has 0 aliphatic carbocycles. The fraction of sp³-hybridized carbons (Fsp3) is 0.0909. The monoisotopic (exact) mass is 298 g/mol. The minimum absolute atomic E-state index is 0.00619. The van der Waals surface area contributed by atoms with Crippen LogP contribution >= 0.6 is 11.6 Å². The van der Waals surface area contributed by atoms with E-state index in [1.807, 2.05) is 0 Å². The number of aromatic nitrogens is 2. The number of halogens is 1. The van der Waals surface area contributed by atoms with Crippen molar-refractivity contribution < 1.29 is 8.42 Å². The van der Waals surface area contributed by atoms with Gasteiger partial charge in [-0.3, -0.25) is 9.71 Å². The zero-order valence-corrected chi connectivity index (χ0v) is 11.5. The van der Waals surface area contributed by atoms with Gasteiger partial charge >= 0.3 is 0 Å². The number of hydrogen-bond acceptors (Lipinski definition) is 5. The third-order valence-corrected chi connectivity index (χ3v) is 3.93. The van der Waals surface area contributed by atoms with Crippen LogP contribution in [-0.2, 0) is 10.0 Å². The highest BCUT2D eigenvalue weighted by molar-refractivity contribution is 7.92. The maximum absolute atomic E-state index is 12.1. The average Bonchev–Trinajstić information content (AvgIpc) is 2.39. The van der Waals surface area contributed by atoms with Gasteiger partial charge in [0.1, 0.15) is 10.7 Å². The lowest BCUT2D eigenvalue weighted by molar-refractivity contribution is 0.601. The second-order valence-corrected chi connectivity index (χ2v) is 5.68. The number of nitrogens with zero attached hydrogens (tertiary/aromatic N) is 2. The molecule has 2 aromatic rings. The first-order valence-corrected chi connectivity index (χ1v) is 7.15. The van der Waals surface area contributed by atoms with Crippen molar-refractivity contribution in [3.63, 3.8) is 0 Å². The van der Waals surface area contributed by atoms with Crippen LogP contribution in [-0.4, -0.2) is 25.4 Å². The van der Waals surface area contributed by atoms with E-state index in [1.54, 1.807) is 19.2 Å². The van der Waals surface area contributed by atoms with Gasteiger partial charge in [0.15, 0.2) is 0 Å². The van der Waals surface area contributed by atoms with Crippen molar-refractivity contribution in [1.29, 1.82) is 0 Å². The Balaban J connectivity index is 2.32.